The quantitative estimate of drug-likeness (QED) is 0.832. The number of anilines is 1. The average molecular weight is 294 g/mol. The number of rotatable bonds is 4. The number of pyridine rings is 1. The number of amides is 1. The van der Waals surface area contributed by atoms with E-state index in [1.807, 2.05) is 0 Å². The molecule has 0 atom stereocenters. The van der Waals surface area contributed by atoms with Crippen molar-refractivity contribution in [1.29, 1.82) is 0 Å². The molecule has 0 aliphatic carbocycles. The third kappa shape index (κ3) is 3.94. The SMILES string of the molecule is CC(C)N1CCC(C(=O)Nc2ccnc(SN)c2)CC1. The fourth-order valence-electron chi connectivity index (χ4n) is 2.47. The topological polar surface area (TPSA) is 71.2 Å². The lowest BCUT2D eigenvalue weighted by atomic mass is 9.95. The second kappa shape index (κ2) is 7.06. The predicted octanol–water partition coefficient (Wildman–Crippen LogP) is 2.11. The fraction of sp³-hybridized carbons (Fsp3) is 0.571. The van der Waals surface area contributed by atoms with Crippen molar-refractivity contribution >= 4 is 23.5 Å². The molecule has 1 aliphatic heterocycles. The van der Waals surface area contributed by atoms with Crippen molar-refractivity contribution in [2.45, 2.75) is 37.8 Å². The molecule has 0 spiro atoms. The Hall–Kier alpha value is -1.11. The highest BCUT2D eigenvalue weighted by molar-refractivity contribution is 7.97. The average Bonchev–Trinajstić information content (AvgIpc) is 2.47. The molecule has 1 aromatic heterocycles. The van der Waals surface area contributed by atoms with Crippen LogP contribution in [-0.4, -0.2) is 34.9 Å². The van der Waals surface area contributed by atoms with Gasteiger partial charge in [-0.1, -0.05) is 0 Å². The zero-order valence-electron chi connectivity index (χ0n) is 12.0. The molecule has 1 fully saturated rings. The van der Waals surface area contributed by atoms with Crippen LogP contribution in [0.5, 0.6) is 0 Å². The summed E-state index contributed by atoms with van der Waals surface area (Å²) in [5, 5.41) is 9.14. The predicted molar refractivity (Wildman–Crippen MR) is 82.3 cm³/mol. The molecule has 3 N–H and O–H groups in total. The summed E-state index contributed by atoms with van der Waals surface area (Å²) >= 11 is 1.08. The Balaban J connectivity index is 1.89. The summed E-state index contributed by atoms with van der Waals surface area (Å²) < 4.78 is 0. The normalized spacial score (nSPS) is 17.4. The van der Waals surface area contributed by atoms with Crippen LogP contribution in [0.25, 0.3) is 0 Å². The minimum atomic E-state index is 0.104. The Morgan fingerprint density at radius 2 is 2.20 bits per heavy atom. The van der Waals surface area contributed by atoms with Crippen molar-refractivity contribution in [2.24, 2.45) is 11.1 Å². The van der Waals surface area contributed by atoms with Crippen LogP contribution in [0.1, 0.15) is 26.7 Å². The van der Waals surface area contributed by atoms with Gasteiger partial charge in [-0.2, -0.15) is 0 Å². The number of hydrogen-bond acceptors (Lipinski definition) is 5. The van der Waals surface area contributed by atoms with Crippen molar-refractivity contribution < 1.29 is 4.79 Å². The van der Waals surface area contributed by atoms with Crippen LogP contribution in [0.15, 0.2) is 23.4 Å². The summed E-state index contributed by atoms with van der Waals surface area (Å²) in [6, 6.07) is 4.15. The standard InChI is InChI=1S/C14H22N4OS/c1-10(2)18-7-4-11(5-8-18)14(19)17-12-3-6-16-13(9-12)20-15/h3,6,9-11H,4-5,7-8,15H2,1-2H3,(H,16,17,19). The van der Waals surface area contributed by atoms with E-state index < -0.39 is 0 Å². The highest BCUT2D eigenvalue weighted by Crippen LogP contribution is 2.21. The molecule has 110 valence electrons. The van der Waals surface area contributed by atoms with Gasteiger partial charge >= 0.3 is 0 Å². The van der Waals surface area contributed by atoms with Crippen LogP contribution in [0.3, 0.4) is 0 Å². The molecule has 0 aromatic carbocycles. The zero-order valence-corrected chi connectivity index (χ0v) is 12.8. The molecule has 1 aromatic rings. The van der Waals surface area contributed by atoms with Crippen LogP contribution in [0.4, 0.5) is 5.69 Å². The summed E-state index contributed by atoms with van der Waals surface area (Å²) in [6.45, 7) is 6.39. The van der Waals surface area contributed by atoms with E-state index in [-0.39, 0.29) is 11.8 Å². The number of aromatic nitrogens is 1. The Labute approximate surface area is 124 Å². The van der Waals surface area contributed by atoms with Gasteiger partial charge in [0, 0.05) is 23.8 Å². The number of nitrogens with two attached hydrogens (primary N) is 1. The van der Waals surface area contributed by atoms with Gasteiger partial charge in [0.05, 0.1) is 0 Å². The number of carbonyl (C=O) groups is 1. The Kier molecular flexibility index (Phi) is 5.39. The van der Waals surface area contributed by atoms with E-state index in [1.165, 1.54) is 0 Å². The molecule has 1 saturated heterocycles. The number of nitrogens with zero attached hydrogens (tertiary/aromatic N) is 2. The van der Waals surface area contributed by atoms with Crippen LogP contribution in [0.2, 0.25) is 0 Å². The summed E-state index contributed by atoms with van der Waals surface area (Å²) in [5.74, 6) is 0.208. The highest BCUT2D eigenvalue weighted by Gasteiger charge is 2.25. The van der Waals surface area contributed by atoms with E-state index in [2.05, 4.69) is 29.0 Å². The third-order valence-corrected chi connectivity index (χ3v) is 4.22. The van der Waals surface area contributed by atoms with Gasteiger partial charge in [0.1, 0.15) is 5.03 Å². The Morgan fingerprint density at radius 1 is 1.50 bits per heavy atom. The van der Waals surface area contributed by atoms with E-state index in [1.54, 1.807) is 18.3 Å². The molecule has 2 heterocycles. The summed E-state index contributed by atoms with van der Waals surface area (Å²) in [7, 11) is 0. The molecule has 0 unspecified atom stereocenters. The van der Waals surface area contributed by atoms with Crippen LogP contribution in [-0.2, 0) is 4.79 Å². The van der Waals surface area contributed by atoms with Gasteiger partial charge in [0.25, 0.3) is 0 Å². The van der Waals surface area contributed by atoms with E-state index in [0.717, 1.165) is 43.6 Å². The van der Waals surface area contributed by atoms with Gasteiger partial charge in [-0.15, -0.1) is 0 Å². The van der Waals surface area contributed by atoms with Crippen molar-refractivity contribution in [2.75, 3.05) is 18.4 Å². The lowest BCUT2D eigenvalue weighted by molar-refractivity contribution is -0.121. The van der Waals surface area contributed by atoms with E-state index in [9.17, 15) is 4.79 Å². The monoisotopic (exact) mass is 294 g/mol. The molecule has 0 radical (unpaired) electrons. The smallest absolute Gasteiger partial charge is 0.227 e. The van der Waals surface area contributed by atoms with Crippen molar-refractivity contribution in [3.05, 3.63) is 18.3 Å². The second-order valence-electron chi connectivity index (χ2n) is 5.39. The molecule has 2 rings (SSSR count). The highest BCUT2D eigenvalue weighted by atomic mass is 32.2. The lowest BCUT2D eigenvalue weighted by Gasteiger charge is -2.33. The van der Waals surface area contributed by atoms with E-state index in [0.29, 0.717) is 11.1 Å². The largest absolute Gasteiger partial charge is 0.326 e. The van der Waals surface area contributed by atoms with Crippen LogP contribution >= 0.6 is 11.9 Å². The van der Waals surface area contributed by atoms with Gasteiger partial charge in [-0.25, -0.2) is 4.98 Å². The maximum absolute atomic E-state index is 12.3. The lowest BCUT2D eigenvalue weighted by Crippen LogP contribution is -2.41. The van der Waals surface area contributed by atoms with Crippen molar-refractivity contribution in [3.63, 3.8) is 0 Å². The first-order valence-corrected chi connectivity index (χ1v) is 7.86. The first-order chi connectivity index (χ1) is 9.60. The van der Waals surface area contributed by atoms with Gasteiger partial charge in [0.2, 0.25) is 5.91 Å². The molecule has 6 heteroatoms. The molecule has 1 amide bonds. The third-order valence-electron chi connectivity index (χ3n) is 3.75. The summed E-state index contributed by atoms with van der Waals surface area (Å²) in [5.41, 5.74) is 0.768. The minimum absolute atomic E-state index is 0.104. The number of likely N-dealkylation sites (tertiary alicyclic amines) is 1. The maximum Gasteiger partial charge on any atom is 0.227 e. The minimum Gasteiger partial charge on any atom is -0.326 e. The van der Waals surface area contributed by atoms with Crippen LogP contribution < -0.4 is 10.5 Å². The summed E-state index contributed by atoms with van der Waals surface area (Å²) in [6.07, 6.45) is 3.51. The van der Waals surface area contributed by atoms with Crippen LogP contribution in [0, 0.1) is 5.92 Å². The fourth-order valence-corrected chi connectivity index (χ4v) is 2.79. The number of hydrogen-bond donors (Lipinski definition) is 2. The van der Waals surface area contributed by atoms with Gasteiger partial charge < -0.3 is 10.2 Å². The number of nitrogens with one attached hydrogen (secondary N) is 1. The maximum atomic E-state index is 12.3. The molecule has 5 nitrogen and oxygen atoms in total. The molecule has 1 aliphatic rings. The van der Waals surface area contributed by atoms with Gasteiger partial charge in [0.15, 0.2) is 0 Å². The number of piperidine rings is 1. The Morgan fingerprint density at radius 3 is 2.80 bits per heavy atom. The first-order valence-electron chi connectivity index (χ1n) is 6.98. The number of carbonyl (C=O) groups excluding carboxylic acids is 1. The van der Waals surface area contributed by atoms with E-state index in [4.69, 9.17) is 5.14 Å². The van der Waals surface area contributed by atoms with Crippen molar-refractivity contribution in [1.82, 2.24) is 9.88 Å². The molecule has 0 saturated carbocycles. The second-order valence-corrected chi connectivity index (χ2v) is 6.05. The first kappa shape index (κ1) is 15.3. The molecule has 0 bridgehead atoms. The molecular weight excluding hydrogens is 272 g/mol. The van der Waals surface area contributed by atoms with Gasteiger partial charge in [-0.3, -0.25) is 9.93 Å². The van der Waals surface area contributed by atoms with Gasteiger partial charge in [-0.05, 0) is 63.9 Å². The zero-order chi connectivity index (χ0) is 14.5. The van der Waals surface area contributed by atoms with E-state index >= 15 is 0 Å². The molecule has 20 heavy (non-hydrogen) atoms. The molecular formula is C14H22N4OS. The van der Waals surface area contributed by atoms with Crippen molar-refractivity contribution in [3.8, 4) is 0 Å². The summed E-state index contributed by atoms with van der Waals surface area (Å²) in [4.78, 5) is 18.8. The Bertz CT molecular complexity index is 458.